The van der Waals surface area contributed by atoms with E-state index in [9.17, 15) is 5.11 Å². The van der Waals surface area contributed by atoms with Crippen LogP contribution in [0.3, 0.4) is 0 Å². The third-order valence-electron chi connectivity index (χ3n) is 11.2. The predicted octanol–water partition coefficient (Wildman–Crippen LogP) is 8.17. The molecule has 4 aliphatic rings. The van der Waals surface area contributed by atoms with Gasteiger partial charge in [-0.15, -0.1) is 0 Å². The van der Waals surface area contributed by atoms with Gasteiger partial charge in [-0.05, 0) is 111 Å². The van der Waals surface area contributed by atoms with Gasteiger partial charge in [0, 0.05) is 0 Å². The van der Waals surface area contributed by atoms with Crippen LogP contribution in [0.1, 0.15) is 119 Å². The van der Waals surface area contributed by atoms with Gasteiger partial charge in [0.2, 0.25) is 0 Å². The van der Waals surface area contributed by atoms with Crippen molar-refractivity contribution >= 4 is 0 Å². The average molecular weight is 415 g/mol. The van der Waals surface area contributed by atoms with E-state index >= 15 is 0 Å². The molecule has 0 bridgehead atoms. The Morgan fingerprint density at radius 2 is 1.73 bits per heavy atom. The molecule has 0 amide bonds. The molecule has 0 spiro atoms. The molecule has 2 saturated carbocycles. The van der Waals surface area contributed by atoms with Crippen LogP contribution < -0.4 is 0 Å². The van der Waals surface area contributed by atoms with Gasteiger partial charge in [-0.2, -0.15) is 0 Å². The van der Waals surface area contributed by atoms with E-state index < -0.39 is 0 Å². The molecule has 0 heterocycles. The van der Waals surface area contributed by atoms with Crippen molar-refractivity contribution < 1.29 is 5.11 Å². The van der Waals surface area contributed by atoms with Crippen LogP contribution in [-0.2, 0) is 0 Å². The Kier molecular flexibility index (Phi) is 6.53. The lowest BCUT2D eigenvalue weighted by molar-refractivity contribution is 0.0131. The molecule has 1 nitrogen and oxygen atoms in total. The number of aliphatic hydroxyl groups excluding tert-OH is 1. The first-order valence-corrected chi connectivity index (χ1v) is 13.6. The van der Waals surface area contributed by atoms with Crippen molar-refractivity contribution in [2.45, 2.75) is 125 Å². The SMILES string of the molecule is CC[C@H](CC[C@@H](C)[C@H]1CC[C@H]2C3=C(CC[C@]12C)[C@@]1(C)CCC(O)CC1CC3)C(C)C. The van der Waals surface area contributed by atoms with Crippen molar-refractivity contribution in [2.24, 2.45) is 46.3 Å². The monoisotopic (exact) mass is 414 g/mol. The Bertz CT molecular complexity index is 647. The van der Waals surface area contributed by atoms with Crippen LogP contribution in [0, 0.1) is 46.3 Å². The minimum absolute atomic E-state index is 0.0337. The summed E-state index contributed by atoms with van der Waals surface area (Å²) < 4.78 is 0. The molecule has 0 aromatic heterocycles. The smallest absolute Gasteiger partial charge is 0.0543 e. The van der Waals surface area contributed by atoms with E-state index in [4.69, 9.17) is 0 Å². The maximum absolute atomic E-state index is 10.3. The first-order chi connectivity index (χ1) is 14.2. The van der Waals surface area contributed by atoms with Gasteiger partial charge in [-0.3, -0.25) is 0 Å². The molecule has 2 unspecified atom stereocenters. The summed E-state index contributed by atoms with van der Waals surface area (Å²) in [5.74, 6) is 5.16. The van der Waals surface area contributed by atoms with E-state index in [0.717, 1.165) is 48.3 Å². The lowest BCUT2D eigenvalue weighted by Gasteiger charge is -2.55. The van der Waals surface area contributed by atoms with Crippen LogP contribution in [0.5, 0.6) is 0 Å². The van der Waals surface area contributed by atoms with Crippen LogP contribution in [0.2, 0.25) is 0 Å². The zero-order valence-electron chi connectivity index (χ0n) is 21.0. The molecule has 4 rings (SSSR count). The first kappa shape index (κ1) is 22.9. The normalized spacial score (nSPS) is 43.2. The van der Waals surface area contributed by atoms with Gasteiger partial charge in [0.25, 0.3) is 0 Å². The number of aliphatic hydroxyl groups is 1. The Morgan fingerprint density at radius 1 is 0.967 bits per heavy atom. The molecule has 1 heteroatoms. The molecule has 2 fully saturated rings. The van der Waals surface area contributed by atoms with Gasteiger partial charge in [0.15, 0.2) is 0 Å². The van der Waals surface area contributed by atoms with Crippen molar-refractivity contribution in [3.63, 3.8) is 0 Å². The van der Waals surface area contributed by atoms with Crippen molar-refractivity contribution in [3.05, 3.63) is 11.1 Å². The van der Waals surface area contributed by atoms with Gasteiger partial charge >= 0.3 is 0 Å². The Balaban J connectivity index is 1.50. The Morgan fingerprint density at radius 3 is 2.43 bits per heavy atom. The molecule has 1 N–H and O–H groups in total. The van der Waals surface area contributed by atoms with Crippen LogP contribution in [-0.4, -0.2) is 11.2 Å². The standard InChI is InChI=1S/C29H50O/c1-7-21(19(2)3)9-8-20(4)25-12-13-26-24-11-10-22-18-23(30)14-16-28(22,5)27(24)15-17-29(25,26)6/h19-23,25-26,30H,7-18H2,1-6H3/t20-,21-,22?,23?,25-,26+,28+,29-/m1/s1. The highest BCUT2D eigenvalue weighted by atomic mass is 16.3. The molecule has 0 aromatic rings. The van der Waals surface area contributed by atoms with Gasteiger partial charge in [0.05, 0.1) is 6.10 Å². The average Bonchev–Trinajstić information content (AvgIpc) is 3.06. The topological polar surface area (TPSA) is 20.2 Å². The number of rotatable bonds is 6. The summed E-state index contributed by atoms with van der Waals surface area (Å²) in [6.45, 7) is 15.1. The quantitative estimate of drug-likeness (QED) is 0.434. The highest BCUT2D eigenvalue weighted by molar-refractivity contribution is 5.34. The maximum atomic E-state index is 10.3. The number of fused-ring (bicyclic) bond motifs is 4. The van der Waals surface area contributed by atoms with E-state index in [0.29, 0.717) is 10.8 Å². The summed E-state index contributed by atoms with van der Waals surface area (Å²) in [4.78, 5) is 0. The second kappa shape index (κ2) is 8.57. The number of allylic oxidation sites excluding steroid dienone is 2. The van der Waals surface area contributed by atoms with Crippen molar-refractivity contribution in [1.29, 1.82) is 0 Å². The van der Waals surface area contributed by atoms with Gasteiger partial charge in [-0.25, -0.2) is 0 Å². The molecule has 172 valence electrons. The summed E-state index contributed by atoms with van der Waals surface area (Å²) in [7, 11) is 0. The number of hydrogen-bond donors (Lipinski definition) is 1. The molecule has 0 saturated heterocycles. The highest BCUT2D eigenvalue weighted by Crippen LogP contribution is 2.66. The molecule has 0 aromatic carbocycles. The van der Waals surface area contributed by atoms with Gasteiger partial charge in [0.1, 0.15) is 0 Å². The molecule has 4 aliphatic carbocycles. The van der Waals surface area contributed by atoms with Gasteiger partial charge in [-0.1, -0.05) is 65.5 Å². The van der Waals surface area contributed by atoms with Crippen molar-refractivity contribution in [1.82, 2.24) is 0 Å². The zero-order valence-corrected chi connectivity index (χ0v) is 21.0. The third-order valence-corrected chi connectivity index (χ3v) is 11.2. The zero-order chi connectivity index (χ0) is 21.7. The lowest BCUT2D eigenvalue weighted by atomic mass is 9.50. The fourth-order valence-electron chi connectivity index (χ4n) is 9.10. The maximum Gasteiger partial charge on any atom is 0.0543 e. The molecule has 8 atom stereocenters. The van der Waals surface area contributed by atoms with E-state index in [2.05, 4.69) is 41.5 Å². The third kappa shape index (κ3) is 3.74. The summed E-state index contributed by atoms with van der Waals surface area (Å²) in [5, 5.41) is 10.3. The van der Waals surface area contributed by atoms with E-state index in [-0.39, 0.29) is 6.10 Å². The van der Waals surface area contributed by atoms with Crippen molar-refractivity contribution in [3.8, 4) is 0 Å². The fourth-order valence-corrected chi connectivity index (χ4v) is 9.10. The van der Waals surface area contributed by atoms with E-state index in [1.54, 1.807) is 0 Å². The second-order valence-electron chi connectivity index (χ2n) is 12.8. The summed E-state index contributed by atoms with van der Waals surface area (Å²) in [6, 6.07) is 0. The summed E-state index contributed by atoms with van der Waals surface area (Å²) in [6.07, 6.45) is 15.9. The summed E-state index contributed by atoms with van der Waals surface area (Å²) in [5.41, 5.74) is 4.76. The van der Waals surface area contributed by atoms with E-state index in [1.807, 2.05) is 11.1 Å². The van der Waals surface area contributed by atoms with Crippen LogP contribution in [0.4, 0.5) is 0 Å². The molecule has 30 heavy (non-hydrogen) atoms. The largest absolute Gasteiger partial charge is 0.393 e. The van der Waals surface area contributed by atoms with Crippen molar-refractivity contribution in [2.75, 3.05) is 0 Å². The van der Waals surface area contributed by atoms with E-state index in [1.165, 1.54) is 64.2 Å². The van der Waals surface area contributed by atoms with Gasteiger partial charge < -0.3 is 5.11 Å². The second-order valence-corrected chi connectivity index (χ2v) is 12.8. The Hall–Kier alpha value is -0.300. The minimum Gasteiger partial charge on any atom is -0.393 e. The fraction of sp³-hybridized carbons (Fsp3) is 0.931. The first-order valence-electron chi connectivity index (χ1n) is 13.6. The predicted molar refractivity (Wildman–Crippen MR) is 128 cm³/mol. The lowest BCUT2D eigenvalue weighted by Crippen LogP contribution is -2.45. The van der Waals surface area contributed by atoms with Crippen LogP contribution in [0.15, 0.2) is 11.1 Å². The number of hydrogen-bond acceptors (Lipinski definition) is 1. The Labute approximate surface area is 187 Å². The van der Waals surface area contributed by atoms with Crippen LogP contribution in [0.25, 0.3) is 0 Å². The summed E-state index contributed by atoms with van der Waals surface area (Å²) >= 11 is 0. The molecular weight excluding hydrogens is 364 g/mol. The molecule has 0 radical (unpaired) electrons. The molecule has 0 aliphatic heterocycles. The highest BCUT2D eigenvalue weighted by Gasteiger charge is 2.55. The minimum atomic E-state index is -0.0337. The molecular formula is C29H50O. The van der Waals surface area contributed by atoms with Crippen LogP contribution >= 0.6 is 0 Å².